The predicted molar refractivity (Wildman–Crippen MR) is 88.9 cm³/mol. The van der Waals surface area contributed by atoms with Crippen LogP contribution in [0.4, 0.5) is 0 Å². The highest BCUT2D eigenvalue weighted by Gasteiger charge is 1.94. The number of hydrogen-bond acceptors (Lipinski definition) is 0. The molecule has 0 nitrogen and oxygen atoms in total. The van der Waals surface area contributed by atoms with Crippen LogP contribution in [-0.2, 0) is 0 Å². The van der Waals surface area contributed by atoms with Crippen LogP contribution in [-0.4, -0.2) is 0 Å². The maximum absolute atomic E-state index is 3.70. The fourth-order valence-corrected chi connectivity index (χ4v) is 1.11. The summed E-state index contributed by atoms with van der Waals surface area (Å²) in [4.78, 5) is 0. The van der Waals surface area contributed by atoms with Gasteiger partial charge in [-0.15, -0.1) is 0 Å². The summed E-state index contributed by atoms with van der Waals surface area (Å²) in [5, 5.41) is 0. The molecule has 0 N–H and O–H groups in total. The van der Waals surface area contributed by atoms with Crippen LogP contribution in [0.1, 0.15) is 41.5 Å². The molecular formula is C18H30. The van der Waals surface area contributed by atoms with Crippen molar-refractivity contribution in [3.63, 3.8) is 0 Å². The zero-order valence-electron chi connectivity index (χ0n) is 13.0. The minimum atomic E-state index is 1.14. The van der Waals surface area contributed by atoms with Gasteiger partial charge in [-0.05, 0) is 25.0 Å². The molecular weight excluding hydrogens is 216 g/mol. The number of rotatable bonds is 5. The third-order valence-corrected chi connectivity index (χ3v) is 1.62. The molecule has 0 aliphatic rings. The molecule has 0 aromatic rings. The maximum Gasteiger partial charge on any atom is -0.0188 e. The van der Waals surface area contributed by atoms with E-state index in [1.54, 1.807) is 12.2 Å². The van der Waals surface area contributed by atoms with Crippen LogP contribution < -0.4 is 0 Å². The molecule has 0 atom stereocenters. The van der Waals surface area contributed by atoms with Crippen molar-refractivity contribution < 1.29 is 0 Å². The van der Waals surface area contributed by atoms with Crippen LogP contribution in [0.15, 0.2) is 72.9 Å². The van der Waals surface area contributed by atoms with Crippen LogP contribution in [0.25, 0.3) is 0 Å². The summed E-state index contributed by atoms with van der Waals surface area (Å²) < 4.78 is 0. The Balaban J connectivity index is -0.000000506. The van der Waals surface area contributed by atoms with Crippen molar-refractivity contribution in [2.75, 3.05) is 0 Å². The van der Waals surface area contributed by atoms with Gasteiger partial charge < -0.3 is 0 Å². The summed E-state index contributed by atoms with van der Waals surface area (Å²) in [5.41, 5.74) is 2.28. The van der Waals surface area contributed by atoms with Gasteiger partial charge in [0.25, 0.3) is 0 Å². The minimum Gasteiger partial charge on any atom is -0.0990 e. The summed E-state index contributed by atoms with van der Waals surface area (Å²) in [6.07, 6.45) is 15.7. The Hall–Kier alpha value is -1.56. The van der Waals surface area contributed by atoms with Gasteiger partial charge >= 0.3 is 0 Å². The van der Waals surface area contributed by atoms with Crippen LogP contribution >= 0.6 is 0 Å². The Labute approximate surface area is 115 Å². The van der Waals surface area contributed by atoms with Gasteiger partial charge in [-0.2, -0.15) is 0 Å². The van der Waals surface area contributed by atoms with Gasteiger partial charge in [-0.3, -0.25) is 0 Å². The lowest BCUT2D eigenvalue weighted by molar-refractivity contribution is 1.50. The Morgan fingerprint density at radius 3 is 1.11 bits per heavy atom. The average Bonchev–Trinajstić information content (AvgIpc) is 2.43. The van der Waals surface area contributed by atoms with Crippen molar-refractivity contribution in [1.82, 2.24) is 0 Å². The molecule has 102 valence electrons. The zero-order valence-corrected chi connectivity index (χ0v) is 13.0. The topological polar surface area (TPSA) is 0 Å². The molecule has 0 rings (SSSR count). The van der Waals surface area contributed by atoms with E-state index in [0.29, 0.717) is 0 Å². The molecule has 0 aromatic heterocycles. The van der Waals surface area contributed by atoms with Gasteiger partial charge in [0.15, 0.2) is 0 Å². The summed E-state index contributed by atoms with van der Waals surface area (Å²) in [7, 11) is 0. The molecule has 0 radical (unpaired) electrons. The van der Waals surface area contributed by atoms with Crippen LogP contribution in [0, 0.1) is 0 Å². The Morgan fingerprint density at radius 1 is 0.667 bits per heavy atom. The van der Waals surface area contributed by atoms with E-state index in [2.05, 4.69) is 25.3 Å². The smallest absolute Gasteiger partial charge is 0.0188 e. The van der Waals surface area contributed by atoms with Crippen molar-refractivity contribution in [1.29, 1.82) is 0 Å². The zero-order chi connectivity index (χ0) is 14.8. The van der Waals surface area contributed by atoms with E-state index in [9.17, 15) is 0 Å². The molecule has 0 saturated carbocycles. The second-order valence-electron chi connectivity index (χ2n) is 2.72. The Morgan fingerprint density at radius 2 is 0.944 bits per heavy atom. The van der Waals surface area contributed by atoms with Crippen molar-refractivity contribution >= 4 is 0 Å². The third kappa shape index (κ3) is 12.5. The number of hydrogen-bond donors (Lipinski definition) is 0. The minimum absolute atomic E-state index is 1.14. The summed E-state index contributed by atoms with van der Waals surface area (Å²) in [5.74, 6) is 0. The van der Waals surface area contributed by atoms with E-state index in [1.807, 2.05) is 65.8 Å². The average molecular weight is 246 g/mol. The normalized spacial score (nSPS) is 11.4. The van der Waals surface area contributed by atoms with E-state index in [4.69, 9.17) is 0 Å². The first-order valence-corrected chi connectivity index (χ1v) is 6.71. The number of allylic oxidation sites excluding steroid dienone is 10. The first-order chi connectivity index (χ1) is 8.79. The summed E-state index contributed by atoms with van der Waals surface area (Å²) >= 11 is 0. The van der Waals surface area contributed by atoms with E-state index in [0.717, 1.165) is 11.1 Å². The van der Waals surface area contributed by atoms with Crippen LogP contribution in [0.3, 0.4) is 0 Å². The van der Waals surface area contributed by atoms with Gasteiger partial charge in [0.05, 0.1) is 0 Å². The Bertz CT molecular complexity index is 264. The van der Waals surface area contributed by atoms with Crippen molar-refractivity contribution in [3.05, 3.63) is 72.9 Å². The monoisotopic (exact) mass is 246 g/mol. The van der Waals surface area contributed by atoms with Crippen molar-refractivity contribution in [2.24, 2.45) is 0 Å². The molecule has 0 saturated heterocycles. The second-order valence-corrected chi connectivity index (χ2v) is 2.72. The van der Waals surface area contributed by atoms with E-state index in [-0.39, 0.29) is 0 Å². The molecule has 0 amide bonds. The fourth-order valence-electron chi connectivity index (χ4n) is 1.11. The van der Waals surface area contributed by atoms with E-state index < -0.39 is 0 Å². The molecule has 0 aromatic carbocycles. The van der Waals surface area contributed by atoms with E-state index >= 15 is 0 Å². The second kappa shape index (κ2) is 20.8. The highest BCUT2D eigenvalue weighted by Crippen LogP contribution is 2.13. The quantitative estimate of drug-likeness (QED) is 0.491. The molecule has 0 unspecified atom stereocenters. The first-order valence-electron chi connectivity index (χ1n) is 6.71. The van der Waals surface area contributed by atoms with Crippen LogP contribution in [0.2, 0.25) is 0 Å². The van der Waals surface area contributed by atoms with Gasteiger partial charge in [0, 0.05) is 0 Å². The lowest BCUT2D eigenvalue weighted by Gasteiger charge is -2.01. The molecule has 0 fully saturated rings. The van der Waals surface area contributed by atoms with Gasteiger partial charge in [0.2, 0.25) is 0 Å². The summed E-state index contributed by atoms with van der Waals surface area (Å²) in [6.45, 7) is 19.4. The lowest BCUT2D eigenvalue weighted by atomic mass is 10.0. The third-order valence-electron chi connectivity index (χ3n) is 1.62. The Kier molecular flexibility index (Phi) is 25.1. The molecule has 0 heterocycles. The largest absolute Gasteiger partial charge is 0.0990 e. The highest BCUT2D eigenvalue weighted by molar-refractivity contribution is 5.48. The predicted octanol–water partition coefficient (Wildman–Crippen LogP) is 6.42. The molecule has 18 heavy (non-hydrogen) atoms. The lowest BCUT2D eigenvalue weighted by Crippen LogP contribution is -1.82. The van der Waals surface area contributed by atoms with Crippen molar-refractivity contribution in [3.8, 4) is 0 Å². The molecule has 0 spiro atoms. The molecule has 0 bridgehead atoms. The first kappa shape index (κ1) is 21.7. The molecule has 0 heteroatoms. The highest BCUT2D eigenvalue weighted by atomic mass is 14.0. The summed E-state index contributed by atoms with van der Waals surface area (Å²) in [6, 6.07) is 0. The molecule has 0 aliphatic carbocycles. The maximum atomic E-state index is 3.70. The standard InChI is InChI=1S/C14H18.2C2H6/c1-5-9-13(10-6-2)14(11-7-3)12-8-4;2*1-2/h5-12H,1,3H2,2,4H3;2*1-2H3/b10-6-,12-8-,13-9+,14-11+;;. The van der Waals surface area contributed by atoms with Crippen molar-refractivity contribution in [2.45, 2.75) is 41.5 Å². The van der Waals surface area contributed by atoms with Crippen LogP contribution in [0.5, 0.6) is 0 Å². The fraction of sp³-hybridized carbons (Fsp3) is 0.333. The van der Waals surface area contributed by atoms with E-state index in [1.165, 1.54) is 0 Å². The van der Waals surface area contributed by atoms with Gasteiger partial charge in [-0.25, -0.2) is 0 Å². The van der Waals surface area contributed by atoms with Gasteiger partial charge in [-0.1, -0.05) is 89.5 Å². The van der Waals surface area contributed by atoms with Gasteiger partial charge in [0.1, 0.15) is 0 Å². The molecule has 0 aliphatic heterocycles. The SMILES string of the molecule is C=C/C=C(\C=C/C)C(/C=C\C)=C/C=C.CC.CC.